The Kier molecular flexibility index (Phi) is 3.36. The Hall–Kier alpha value is -1.22. The molecule has 0 saturated carbocycles. The first-order valence-electron chi connectivity index (χ1n) is 4.20. The largest absolute Gasteiger partial charge is 0.506 e. The highest BCUT2D eigenvalue weighted by atomic mass is 35.5. The van der Waals surface area contributed by atoms with Gasteiger partial charge in [-0.1, -0.05) is 11.6 Å². The molecule has 14 heavy (non-hydrogen) atoms. The van der Waals surface area contributed by atoms with Gasteiger partial charge in [0, 0.05) is 6.42 Å². The molecular weight excluding hydrogens is 204 g/mol. The molecule has 0 saturated heterocycles. The summed E-state index contributed by atoms with van der Waals surface area (Å²) in [4.78, 5) is 10.4. The van der Waals surface area contributed by atoms with Crippen LogP contribution in [-0.4, -0.2) is 16.2 Å². The van der Waals surface area contributed by atoms with Crippen molar-refractivity contribution in [3.8, 4) is 5.75 Å². The predicted molar refractivity (Wildman–Crippen MR) is 53.8 cm³/mol. The molecule has 1 rings (SSSR count). The van der Waals surface area contributed by atoms with Crippen LogP contribution in [0.15, 0.2) is 12.1 Å². The monoisotopic (exact) mass is 214 g/mol. The minimum absolute atomic E-state index is 0.0308. The number of phenols is 1. The standard InChI is InChI=1S/C10H11ClO3/c1-6-4-9(12)8(11)5-7(6)2-3-10(13)14/h4-5,12H,2-3H2,1H3,(H,13,14). The average Bonchev–Trinajstić information content (AvgIpc) is 2.09. The smallest absolute Gasteiger partial charge is 0.303 e. The Labute approximate surface area is 86.9 Å². The molecule has 0 aromatic heterocycles. The van der Waals surface area contributed by atoms with E-state index in [1.165, 1.54) is 0 Å². The van der Waals surface area contributed by atoms with Crippen LogP contribution >= 0.6 is 11.6 Å². The van der Waals surface area contributed by atoms with Crippen LogP contribution in [0.2, 0.25) is 5.02 Å². The molecule has 0 heterocycles. The van der Waals surface area contributed by atoms with E-state index in [4.69, 9.17) is 16.7 Å². The lowest BCUT2D eigenvalue weighted by Crippen LogP contribution is -1.99. The van der Waals surface area contributed by atoms with Crippen molar-refractivity contribution in [3.05, 3.63) is 28.3 Å². The van der Waals surface area contributed by atoms with Crippen LogP contribution in [0.3, 0.4) is 0 Å². The number of hydrogen-bond donors (Lipinski definition) is 2. The molecule has 2 N–H and O–H groups in total. The van der Waals surface area contributed by atoms with E-state index in [0.717, 1.165) is 11.1 Å². The van der Waals surface area contributed by atoms with E-state index in [2.05, 4.69) is 0 Å². The quantitative estimate of drug-likeness (QED) is 0.812. The Morgan fingerprint density at radius 1 is 1.50 bits per heavy atom. The predicted octanol–water partition coefficient (Wildman–Crippen LogP) is 2.37. The maximum absolute atomic E-state index is 10.4. The number of carboxylic acids is 1. The van der Waals surface area contributed by atoms with Crippen molar-refractivity contribution in [2.24, 2.45) is 0 Å². The van der Waals surface area contributed by atoms with Gasteiger partial charge in [-0.3, -0.25) is 4.79 Å². The summed E-state index contributed by atoms with van der Waals surface area (Å²) in [7, 11) is 0. The lowest BCUT2D eigenvalue weighted by Gasteiger charge is -2.06. The zero-order valence-electron chi connectivity index (χ0n) is 7.75. The second kappa shape index (κ2) is 4.33. The van der Waals surface area contributed by atoms with Gasteiger partial charge in [-0.2, -0.15) is 0 Å². The summed E-state index contributed by atoms with van der Waals surface area (Å²) in [6.45, 7) is 1.81. The second-order valence-corrected chi connectivity index (χ2v) is 3.53. The van der Waals surface area contributed by atoms with Gasteiger partial charge in [0.25, 0.3) is 0 Å². The number of carboxylic acid groups (broad SMARTS) is 1. The van der Waals surface area contributed by atoms with Crippen molar-refractivity contribution in [3.63, 3.8) is 0 Å². The number of benzene rings is 1. The van der Waals surface area contributed by atoms with Crippen molar-refractivity contribution in [2.45, 2.75) is 19.8 Å². The van der Waals surface area contributed by atoms with Crippen LogP contribution in [0.5, 0.6) is 5.75 Å². The van der Waals surface area contributed by atoms with Crippen LogP contribution in [0.1, 0.15) is 17.5 Å². The van der Waals surface area contributed by atoms with Crippen molar-refractivity contribution in [1.82, 2.24) is 0 Å². The average molecular weight is 215 g/mol. The number of aryl methyl sites for hydroxylation is 2. The maximum atomic E-state index is 10.4. The highest BCUT2D eigenvalue weighted by molar-refractivity contribution is 6.32. The van der Waals surface area contributed by atoms with E-state index in [1.54, 1.807) is 12.1 Å². The van der Waals surface area contributed by atoms with Gasteiger partial charge in [-0.25, -0.2) is 0 Å². The molecule has 0 amide bonds. The normalized spacial score (nSPS) is 10.1. The molecule has 0 aliphatic rings. The van der Waals surface area contributed by atoms with Crippen LogP contribution in [0.4, 0.5) is 0 Å². The highest BCUT2D eigenvalue weighted by Gasteiger charge is 2.06. The fourth-order valence-corrected chi connectivity index (χ4v) is 1.40. The van der Waals surface area contributed by atoms with Gasteiger partial charge < -0.3 is 10.2 Å². The summed E-state index contributed by atoms with van der Waals surface area (Å²) in [5, 5.41) is 18.0. The fraction of sp³-hybridized carbons (Fsp3) is 0.300. The third kappa shape index (κ3) is 2.64. The lowest BCUT2D eigenvalue weighted by atomic mass is 10.0. The topological polar surface area (TPSA) is 57.5 Å². The van der Waals surface area contributed by atoms with Gasteiger partial charge in [-0.05, 0) is 36.6 Å². The SMILES string of the molecule is Cc1cc(O)c(Cl)cc1CCC(=O)O. The molecule has 0 aliphatic heterocycles. The molecular formula is C10H11ClO3. The summed E-state index contributed by atoms with van der Waals surface area (Å²) >= 11 is 5.70. The van der Waals surface area contributed by atoms with Crippen LogP contribution in [0.25, 0.3) is 0 Å². The number of phenolic OH excluding ortho intramolecular Hbond substituents is 1. The first kappa shape index (κ1) is 10.9. The summed E-state index contributed by atoms with van der Waals surface area (Å²) in [5.74, 6) is -0.808. The number of rotatable bonds is 3. The van der Waals surface area contributed by atoms with Crippen molar-refractivity contribution in [1.29, 1.82) is 0 Å². The lowest BCUT2D eigenvalue weighted by molar-refractivity contribution is -0.136. The molecule has 3 nitrogen and oxygen atoms in total. The van der Waals surface area contributed by atoms with E-state index in [-0.39, 0.29) is 17.2 Å². The van der Waals surface area contributed by atoms with Crippen LogP contribution < -0.4 is 0 Å². The van der Waals surface area contributed by atoms with Gasteiger partial charge in [0.15, 0.2) is 0 Å². The summed E-state index contributed by atoms with van der Waals surface area (Å²) in [5.41, 5.74) is 1.71. The summed E-state index contributed by atoms with van der Waals surface area (Å²) in [6, 6.07) is 3.15. The summed E-state index contributed by atoms with van der Waals surface area (Å²) in [6.07, 6.45) is 0.503. The Morgan fingerprint density at radius 2 is 2.14 bits per heavy atom. The molecule has 4 heteroatoms. The van der Waals surface area contributed by atoms with Gasteiger partial charge in [0.2, 0.25) is 0 Å². The Morgan fingerprint density at radius 3 is 2.71 bits per heavy atom. The molecule has 76 valence electrons. The van der Waals surface area contributed by atoms with Gasteiger partial charge >= 0.3 is 5.97 Å². The van der Waals surface area contributed by atoms with Gasteiger partial charge in [0.05, 0.1) is 5.02 Å². The Bertz CT molecular complexity index is 361. The first-order chi connectivity index (χ1) is 6.50. The third-order valence-electron chi connectivity index (χ3n) is 2.01. The molecule has 0 atom stereocenters. The fourth-order valence-electron chi connectivity index (χ4n) is 1.22. The van der Waals surface area contributed by atoms with E-state index < -0.39 is 5.97 Å². The van der Waals surface area contributed by atoms with Crippen LogP contribution in [-0.2, 0) is 11.2 Å². The first-order valence-corrected chi connectivity index (χ1v) is 4.58. The molecule has 1 aromatic carbocycles. The zero-order chi connectivity index (χ0) is 10.7. The van der Waals surface area contributed by atoms with E-state index in [0.29, 0.717) is 6.42 Å². The maximum Gasteiger partial charge on any atom is 0.303 e. The van der Waals surface area contributed by atoms with Crippen molar-refractivity contribution < 1.29 is 15.0 Å². The van der Waals surface area contributed by atoms with Crippen molar-refractivity contribution >= 4 is 17.6 Å². The van der Waals surface area contributed by atoms with Gasteiger partial charge in [-0.15, -0.1) is 0 Å². The number of aliphatic carboxylic acids is 1. The highest BCUT2D eigenvalue weighted by Crippen LogP contribution is 2.27. The Balaban J connectivity index is 2.87. The van der Waals surface area contributed by atoms with Crippen molar-refractivity contribution in [2.75, 3.05) is 0 Å². The molecule has 0 bridgehead atoms. The number of carbonyl (C=O) groups is 1. The second-order valence-electron chi connectivity index (χ2n) is 3.12. The summed E-state index contributed by atoms with van der Waals surface area (Å²) < 4.78 is 0. The zero-order valence-corrected chi connectivity index (χ0v) is 8.51. The minimum Gasteiger partial charge on any atom is -0.506 e. The number of halogens is 1. The van der Waals surface area contributed by atoms with E-state index >= 15 is 0 Å². The number of aromatic hydroxyl groups is 1. The molecule has 0 aliphatic carbocycles. The van der Waals surface area contributed by atoms with E-state index in [1.807, 2.05) is 6.92 Å². The van der Waals surface area contributed by atoms with Gasteiger partial charge in [0.1, 0.15) is 5.75 Å². The number of hydrogen-bond acceptors (Lipinski definition) is 2. The van der Waals surface area contributed by atoms with E-state index in [9.17, 15) is 9.90 Å². The molecule has 0 unspecified atom stereocenters. The van der Waals surface area contributed by atoms with Crippen LogP contribution in [0, 0.1) is 6.92 Å². The molecule has 0 fully saturated rings. The minimum atomic E-state index is -0.839. The molecule has 1 aromatic rings. The third-order valence-corrected chi connectivity index (χ3v) is 2.32. The molecule has 0 radical (unpaired) electrons. The molecule has 0 spiro atoms.